The maximum absolute atomic E-state index is 13.8. The molecule has 2 aromatic carbocycles. The molecular weight excluding hydrogens is 378 g/mol. The van der Waals surface area contributed by atoms with Gasteiger partial charge in [-0.1, -0.05) is 79.7 Å². The molecule has 0 saturated carbocycles. The van der Waals surface area contributed by atoms with Crippen molar-refractivity contribution in [2.45, 2.75) is 31.1 Å². The van der Waals surface area contributed by atoms with Gasteiger partial charge < -0.3 is 14.4 Å². The molecule has 5 nitrogen and oxygen atoms in total. The quantitative estimate of drug-likeness (QED) is 0.547. The first-order chi connectivity index (χ1) is 14.6. The molecule has 3 aliphatic heterocycles. The number of amides is 1. The summed E-state index contributed by atoms with van der Waals surface area (Å²) >= 11 is 0. The SMILES string of the molecule is CCCOC(=O)[C@@H]1[C@@H]2C=C[C@]3(CN(C(c4ccccc4)c4ccccc4)C(=O)[C@H]13)O2. The molecule has 0 unspecified atom stereocenters. The van der Waals surface area contributed by atoms with E-state index in [0.717, 1.165) is 17.5 Å². The molecule has 5 heteroatoms. The Morgan fingerprint density at radius 3 is 2.37 bits per heavy atom. The number of benzene rings is 2. The summed E-state index contributed by atoms with van der Waals surface area (Å²) < 4.78 is 11.7. The number of hydrogen-bond acceptors (Lipinski definition) is 4. The van der Waals surface area contributed by atoms with Crippen molar-refractivity contribution in [2.75, 3.05) is 13.2 Å². The molecule has 154 valence electrons. The normalized spacial score (nSPS) is 28.9. The summed E-state index contributed by atoms with van der Waals surface area (Å²) in [6.45, 7) is 2.74. The highest BCUT2D eigenvalue weighted by Crippen LogP contribution is 2.54. The topological polar surface area (TPSA) is 55.8 Å². The molecular formula is C25H25NO4. The van der Waals surface area contributed by atoms with Crippen LogP contribution in [0.5, 0.6) is 0 Å². The Bertz CT molecular complexity index is 934. The third-order valence-corrected chi connectivity index (χ3v) is 6.39. The molecule has 0 N–H and O–H groups in total. The summed E-state index contributed by atoms with van der Waals surface area (Å²) in [6.07, 6.45) is 4.28. The van der Waals surface area contributed by atoms with E-state index in [-0.39, 0.29) is 24.0 Å². The Labute approximate surface area is 176 Å². The monoisotopic (exact) mass is 403 g/mol. The number of esters is 1. The lowest BCUT2D eigenvalue weighted by molar-refractivity contribution is -0.154. The average molecular weight is 403 g/mol. The standard InChI is InChI=1S/C25H25NO4/c1-2-15-29-24(28)20-19-13-14-25(30-19)16-26(23(27)21(20)25)22(17-9-5-3-6-10-17)18-11-7-4-8-12-18/h3-14,19-22H,2,15-16H2,1H3/t19-,20+,21-,25+/m0/s1. The van der Waals surface area contributed by atoms with Crippen molar-refractivity contribution in [1.29, 1.82) is 0 Å². The molecule has 5 rings (SSSR count). The smallest absolute Gasteiger partial charge is 0.312 e. The number of nitrogens with zero attached hydrogens (tertiary/aromatic N) is 1. The summed E-state index contributed by atoms with van der Waals surface area (Å²) in [6, 6.07) is 19.8. The van der Waals surface area contributed by atoms with Crippen LogP contribution in [0.2, 0.25) is 0 Å². The van der Waals surface area contributed by atoms with Gasteiger partial charge in [0.1, 0.15) is 11.5 Å². The zero-order valence-corrected chi connectivity index (χ0v) is 16.9. The van der Waals surface area contributed by atoms with Crippen LogP contribution < -0.4 is 0 Å². The minimum atomic E-state index is -0.751. The van der Waals surface area contributed by atoms with Crippen LogP contribution in [0.25, 0.3) is 0 Å². The molecule has 0 radical (unpaired) electrons. The molecule has 0 aromatic heterocycles. The van der Waals surface area contributed by atoms with E-state index in [4.69, 9.17) is 9.47 Å². The van der Waals surface area contributed by atoms with Gasteiger partial charge in [0.05, 0.1) is 31.2 Å². The van der Waals surface area contributed by atoms with Crippen molar-refractivity contribution in [3.63, 3.8) is 0 Å². The largest absolute Gasteiger partial charge is 0.465 e. The molecule has 2 saturated heterocycles. The number of rotatable bonds is 6. The minimum absolute atomic E-state index is 0.0435. The van der Waals surface area contributed by atoms with Crippen molar-refractivity contribution >= 4 is 11.9 Å². The van der Waals surface area contributed by atoms with Gasteiger partial charge in [0.25, 0.3) is 0 Å². The molecule has 3 aliphatic rings. The minimum Gasteiger partial charge on any atom is -0.465 e. The third-order valence-electron chi connectivity index (χ3n) is 6.39. The van der Waals surface area contributed by atoms with E-state index in [2.05, 4.69) is 0 Å². The van der Waals surface area contributed by atoms with Gasteiger partial charge in [0.2, 0.25) is 5.91 Å². The fourth-order valence-corrected chi connectivity index (χ4v) is 5.14. The average Bonchev–Trinajstić information content (AvgIpc) is 3.42. The first-order valence-electron chi connectivity index (χ1n) is 10.6. The molecule has 30 heavy (non-hydrogen) atoms. The van der Waals surface area contributed by atoms with Crippen molar-refractivity contribution in [3.8, 4) is 0 Å². The van der Waals surface area contributed by atoms with E-state index in [1.165, 1.54) is 0 Å². The van der Waals surface area contributed by atoms with Gasteiger partial charge >= 0.3 is 5.97 Å². The maximum atomic E-state index is 13.8. The number of ether oxygens (including phenoxy) is 2. The van der Waals surface area contributed by atoms with Crippen LogP contribution in [0.15, 0.2) is 72.8 Å². The lowest BCUT2D eigenvalue weighted by Gasteiger charge is -2.31. The zero-order chi connectivity index (χ0) is 20.7. The lowest BCUT2D eigenvalue weighted by Crippen LogP contribution is -2.40. The summed E-state index contributed by atoms with van der Waals surface area (Å²) in [7, 11) is 0. The summed E-state index contributed by atoms with van der Waals surface area (Å²) in [5.41, 5.74) is 1.33. The molecule has 1 spiro atoms. The van der Waals surface area contributed by atoms with E-state index in [1.807, 2.05) is 84.6 Å². The summed E-state index contributed by atoms with van der Waals surface area (Å²) in [5.74, 6) is -1.49. The first-order valence-corrected chi connectivity index (χ1v) is 10.6. The second-order valence-corrected chi connectivity index (χ2v) is 8.26. The number of hydrogen-bond donors (Lipinski definition) is 0. The number of likely N-dealkylation sites (tertiary alicyclic amines) is 1. The van der Waals surface area contributed by atoms with Gasteiger partial charge in [0, 0.05) is 0 Å². The van der Waals surface area contributed by atoms with E-state index in [9.17, 15) is 9.59 Å². The molecule has 0 aliphatic carbocycles. The van der Waals surface area contributed by atoms with Crippen LogP contribution >= 0.6 is 0 Å². The molecule has 2 fully saturated rings. The number of carbonyl (C=O) groups excluding carboxylic acids is 2. The molecule has 4 atom stereocenters. The van der Waals surface area contributed by atoms with Crippen LogP contribution in [0.3, 0.4) is 0 Å². The maximum Gasteiger partial charge on any atom is 0.312 e. The van der Waals surface area contributed by atoms with Crippen molar-refractivity contribution in [3.05, 3.63) is 83.9 Å². The fourth-order valence-electron chi connectivity index (χ4n) is 5.14. The molecule has 1 amide bonds. The predicted molar refractivity (Wildman–Crippen MR) is 111 cm³/mol. The summed E-state index contributed by atoms with van der Waals surface area (Å²) in [5, 5.41) is 0. The van der Waals surface area contributed by atoms with E-state index in [0.29, 0.717) is 13.2 Å². The Morgan fingerprint density at radius 1 is 1.13 bits per heavy atom. The molecule has 3 heterocycles. The second kappa shape index (κ2) is 7.40. The van der Waals surface area contributed by atoms with Crippen LogP contribution in [-0.4, -0.2) is 41.6 Å². The first kappa shape index (κ1) is 19.1. The molecule has 2 bridgehead atoms. The van der Waals surface area contributed by atoms with Gasteiger partial charge in [-0.25, -0.2) is 0 Å². The van der Waals surface area contributed by atoms with Gasteiger partial charge in [-0.2, -0.15) is 0 Å². The highest BCUT2D eigenvalue weighted by atomic mass is 16.6. The van der Waals surface area contributed by atoms with Crippen molar-refractivity contribution in [2.24, 2.45) is 11.8 Å². The van der Waals surface area contributed by atoms with Crippen LogP contribution in [0.1, 0.15) is 30.5 Å². The Hall–Kier alpha value is -2.92. The summed E-state index contributed by atoms with van der Waals surface area (Å²) in [4.78, 5) is 28.4. The Kier molecular flexibility index (Phi) is 4.70. The lowest BCUT2D eigenvalue weighted by atomic mass is 9.77. The van der Waals surface area contributed by atoms with Gasteiger partial charge in [-0.15, -0.1) is 0 Å². The second-order valence-electron chi connectivity index (χ2n) is 8.26. The Balaban J connectivity index is 1.52. The third kappa shape index (κ3) is 2.88. The van der Waals surface area contributed by atoms with Crippen LogP contribution in [0, 0.1) is 11.8 Å². The predicted octanol–water partition coefficient (Wildman–Crippen LogP) is 3.51. The van der Waals surface area contributed by atoms with Gasteiger partial charge in [-0.3, -0.25) is 9.59 Å². The highest BCUT2D eigenvalue weighted by Gasteiger charge is 2.68. The zero-order valence-electron chi connectivity index (χ0n) is 16.9. The van der Waals surface area contributed by atoms with Crippen LogP contribution in [-0.2, 0) is 19.1 Å². The van der Waals surface area contributed by atoms with Gasteiger partial charge in [-0.05, 0) is 17.5 Å². The van der Waals surface area contributed by atoms with E-state index >= 15 is 0 Å². The fraction of sp³-hybridized carbons (Fsp3) is 0.360. The molecule has 2 aromatic rings. The van der Waals surface area contributed by atoms with Gasteiger partial charge in [0.15, 0.2) is 0 Å². The number of carbonyl (C=O) groups is 2. The van der Waals surface area contributed by atoms with Crippen LogP contribution in [0.4, 0.5) is 0 Å². The van der Waals surface area contributed by atoms with E-state index in [1.54, 1.807) is 0 Å². The Morgan fingerprint density at radius 2 is 1.77 bits per heavy atom. The van der Waals surface area contributed by atoms with Crippen molar-refractivity contribution in [1.82, 2.24) is 4.90 Å². The van der Waals surface area contributed by atoms with Crippen molar-refractivity contribution < 1.29 is 19.1 Å². The van der Waals surface area contributed by atoms with E-state index < -0.39 is 17.4 Å². The number of fused-ring (bicyclic) bond motifs is 1. The highest BCUT2D eigenvalue weighted by molar-refractivity contribution is 5.91.